The minimum absolute atomic E-state index is 0.0875. The predicted octanol–water partition coefficient (Wildman–Crippen LogP) is 5.47. The van der Waals surface area contributed by atoms with Gasteiger partial charge < -0.3 is 14.7 Å². The second kappa shape index (κ2) is 10.4. The van der Waals surface area contributed by atoms with Crippen LogP contribution in [0.1, 0.15) is 43.5 Å². The molecule has 0 aliphatic carbocycles. The number of carboxylic acids is 1. The van der Waals surface area contributed by atoms with Crippen LogP contribution in [0.25, 0.3) is 11.3 Å². The highest BCUT2D eigenvalue weighted by atomic mass is 19.1. The monoisotopic (exact) mass is 477 g/mol. The van der Waals surface area contributed by atoms with E-state index in [0.717, 1.165) is 54.0 Å². The molecule has 0 spiro atoms. The van der Waals surface area contributed by atoms with Gasteiger partial charge in [-0.2, -0.15) is 0 Å². The summed E-state index contributed by atoms with van der Waals surface area (Å²) in [7, 11) is 0. The van der Waals surface area contributed by atoms with Crippen LogP contribution in [0.15, 0.2) is 48.7 Å². The first-order valence-corrected chi connectivity index (χ1v) is 12.0. The summed E-state index contributed by atoms with van der Waals surface area (Å²) in [6.07, 6.45) is 4.40. The highest BCUT2D eigenvalue weighted by Crippen LogP contribution is 2.39. The van der Waals surface area contributed by atoms with Gasteiger partial charge in [0.1, 0.15) is 5.82 Å². The Hall–Kier alpha value is -3.48. The molecule has 1 fully saturated rings. The van der Waals surface area contributed by atoms with Gasteiger partial charge in [0.15, 0.2) is 0 Å². The number of halogens is 1. The second-order valence-electron chi connectivity index (χ2n) is 9.89. The molecule has 0 unspecified atom stereocenters. The van der Waals surface area contributed by atoms with Crippen LogP contribution in [0, 0.1) is 18.2 Å². The highest BCUT2D eigenvalue weighted by molar-refractivity contribution is 5.83. The van der Waals surface area contributed by atoms with Gasteiger partial charge in [0.05, 0.1) is 24.4 Å². The number of pyridine rings is 2. The lowest BCUT2D eigenvalue weighted by Crippen LogP contribution is -2.38. The molecule has 0 bridgehead atoms. The number of hydrogen-bond donors (Lipinski definition) is 1. The zero-order valence-electron chi connectivity index (χ0n) is 20.6. The molecule has 0 amide bonds. The second-order valence-corrected chi connectivity index (χ2v) is 9.89. The van der Waals surface area contributed by atoms with Crippen molar-refractivity contribution in [2.45, 2.75) is 46.5 Å². The fourth-order valence-corrected chi connectivity index (χ4v) is 4.45. The molecule has 0 radical (unpaired) electrons. The summed E-state index contributed by atoms with van der Waals surface area (Å²) in [6, 6.07) is 12.0. The number of carbonyl (C=O) groups is 1. The Bertz CT molecular complexity index is 1180. The number of rotatable bonds is 8. The van der Waals surface area contributed by atoms with E-state index < -0.39 is 5.97 Å². The maximum Gasteiger partial charge on any atom is 0.307 e. The fraction of sp³-hybridized carbons (Fsp3) is 0.393. The van der Waals surface area contributed by atoms with Crippen molar-refractivity contribution in [2.24, 2.45) is 5.41 Å². The highest BCUT2D eigenvalue weighted by Gasteiger charge is 2.29. The lowest BCUT2D eigenvalue weighted by molar-refractivity contribution is -0.136. The summed E-state index contributed by atoms with van der Waals surface area (Å²) in [5.41, 5.74) is 5.13. The summed E-state index contributed by atoms with van der Waals surface area (Å²) < 4.78 is 19.0. The van der Waals surface area contributed by atoms with Crippen LogP contribution >= 0.6 is 0 Å². The molecule has 1 saturated heterocycles. The maximum absolute atomic E-state index is 13.1. The Morgan fingerprint density at radius 1 is 1.14 bits per heavy atom. The van der Waals surface area contributed by atoms with E-state index in [4.69, 9.17) is 9.72 Å². The Balaban J connectivity index is 1.62. The van der Waals surface area contributed by atoms with Gasteiger partial charge in [-0.25, -0.2) is 9.37 Å². The summed E-state index contributed by atoms with van der Waals surface area (Å²) in [5.74, 6) is -0.654. The Labute approximate surface area is 205 Å². The molecule has 7 heteroatoms. The molecular formula is C28H32FN3O3. The maximum atomic E-state index is 13.1. The average molecular weight is 478 g/mol. The minimum Gasteiger partial charge on any atom is -0.481 e. The van der Waals surface area contributed by atoms with Crippen LogP contribution in [0.4, 0.5) is 10.1 Å². The Morgan fingerprint density at radius 3 is 2.54 bits per heavy atom. The summed E-state index contributed by atoms with van der Waals surface area (Å²) in [4.78, 5) is 23.3. The standard InChI is InChI=1S/C28H32FN3O3/c1-19-22(17-26(33)34)27(32-14-12-28(2,3)13-15-32)23(18-30-19)24-5-4-6-25(31-24)35-16-11-20-7-9-21(29)10-8-20/h4-10,18H,11-17H2,1-3H3,(H,33,34). The number of aromatic nitrogens is 2. The third-order valence-electron chi connectivity index (χ3n) is 6.68. The van der Waals surface area contributed by atoms with Crippen molar-refractivity contribution in [1.82, 2.24) is 9.97 Å². The van der Waals surface area contributed by atoms with Gasteiger partial charge in [0, 0.05) is 48.6 Å². The molecule has 4 rings (SSSR count). The molecule has 3 aromatic rings. The van der Waals surface area contributed by atoms with E-state index in [1.54, 1.807) is 24.4 Å². The summed E-state index contributed by atoms with van der Waals surface area (Å²) >= 11 is 0. The normalized spacial score (nSPS) is 15.1. The van der Waals surface area contributed by atoms with E-state index in [2.05, 4.69) is 23.7 Å². The van der Waals surface area contributed by atoms with Crippen LogP contribution in [-0.4, -0.2) is 40.7 Å². The number of ether oxygens (including phenoxy) is 1. The van der Waals surface area contributed by atoms with E-state index in [0.29, 0.717) is 24.6 Å². The van der Waals surface area contributed by atoms with Crippen LogP contribution in [0.2, 0.25) is 0 Å². The van der Waals surface area contributed by atoms with Crippen molar-refractivity contribution in [3.05, 3.63) is 71.3 Å². The molecular weight excluding hydrogens is 445 g/mol. The molecule has 2 aromatic heterocycles. The van der Waals surface area contributed by atoms with E-state index >= 15 is 0 Å². The van der Waals surface area contributed by atoms with E-state index in [9.17, 15) is 14.3 Å². The van der Waals surface area contributed by atoms with E-state index in [-0.39, 0.29) is 17.7 Å². The SMILES string of the molecule is Cc1ncc(-c2cccc(OCCc3ccc(F)cc3)n2)c(N2CCC(C)(C)CC2)c1CC(=O)O. The van der Waals surface area contributed by atoms with Crippen molar-refractivity contribution < 1.29 is 19.0 Å². The largest absolute Gasteiger partial charge is 0.481 e. The van der Waals surface area contributed by atoms with Crippen LogP contribution in [-0.2, 0) is 17.6 Å². The van der Waals surface area contributed by atoms with Crippen LogP contribution < -0.4 is 9.64 Å². The first kappa shape index (κ1) is 24.6. The lowest BCUT2D eigenvalue weighted by atomic mass is 9.82. The quantitative estimate of drug-likeness (QED) is 0.464. The van der Waals surface area contributed by atoms with E-state index in [1.807, 2.05) is 19.1 Å². The third kappa shape index (κ3) is 6.15. The first-order chi connectivity index (χ1) is 16.7. The molecule has 0 atom stereocenters. The van der Waals surface area contributed by atoms with Crippen molar-refractivity contribution in [2.75, 3.05) is 24.6 Å². The number of benzene rings is 1. The van der Waals surface area contributed by atoms with Crippen molar-refractivity contribution >= 4 is 11.7 Å². The lowest BCUT2D eigenvalue weighted by Gasteiger charge is -2.40. The number of aryl methyl sites for hydroxylation is 1. The molecule has 35 heavy (non-hydrogen) atoms. The zero-order chi connectivity index (χ0) is 25.0. The smallest absolute Gasteiger partial charge is 0.307 e. The molecule has 1 aliphatic heterocycles. The van der Waals surface area contributed by atoms with Gasteiger partial charge in [-0.3, -0.25) is 9.78 Å². The molecule has 3 heterocycles. The Morgan fingerprint density at radius 2 is 1.86 bits per heavy atom. The van der Waals surface area contributed by atoms with Gasteiger partial charge in [-0.15, -0.1) is 0 Å². The molecule has 1 N–H and O–H groups in total. The molecule has 0 saturated carbocycles. The number of carboxylic acid groups (broad SMARTS) is 1. The minimum atomic E-state index is -0.878. The van der Waals surface area contributed by atoms with Gasteiger partial charge in [0.25, 0.3) is 0 Å². The predicted molar refractivity (Wildman–Crippen MR) is 134 cm³/mol. The number of piperidine rings is 1. The summed E-state index contributed by atoms with van der Waals surface area (Å²) in [6.45, 7) is 8.52. The van der Waals surface area contributed by atoms with E-state index in [1.165, 1.54) is 12.1 Å². The van der Waals surface area contributed by atoms with Gasteiger partial charge >= 0.3 is 5.97 Å². The first-order valence-electron chi connectivity index (χ1n) is 12.0. The topological polar surface area (TPSA) is 75.6 Å². The van der Waals surface area contributed by atoms with Gasteiger partial charge in [-0.05, 0) is 48.9 Å². The van der Waals surface area contributed by atoms with Gasteiger partial charge in [0.2, 0.25) is 5.88 Å². The molecule has 1 aliphatic rings. The molecule has 1 aromatic carbocycles. The van der Waals surface area contributed by atoms with Gasteiger partial charge in [-0.1, -0.05) is 32.0 Å². The summed E-state index contributed by atoms with van der Waals surface area (Å²) in [5, 5.41) is 9.61. The number of hydrogen-bond acceptors (Lipinski definition) is 5. The van der Waals surface area contributed by atoms with Crippen molar-refractivity contribution in [1.29, 1.82) is 0 Å². The van der Waals surface area contributed by atoms with Crippen LogP contribution in [0.3, 0.4) is 0 Å². The fourth-order valence-electron chi connectivity index (χ4n) is 4.45. The van der Waals surface area contributed by atoms with Crippen molar-refractivity contribution in [3.63, 3.8) is 0 Å². The van der Waals surface area contributed by atoms with Crippen molar-refractivity contribution in [3.8, 4) is 17.1 Å². The Kier molecular flexibility index (Phi) is 7.34. The third-order valence-corrected chi connectivity index (χ3v) is 6.68. The zero-order valence-corrected chi connectivity index (χ0v) is 20.6. The average Bonchev–Trinajstić information content (AvgIpc) is 2.82. The number of nitrogens with zero attached hydrogens (tertiary/aromatic N) is 3. The number of aliphatic carboxylic acids is 1. The molecule has 6 nitrogen and oxygen atoms in total. The van der Waals surface area contributed by atoms with Crippen LogP contribution in [0.5, 0.6) is 5.88 Å². The molecule has 184 valence electrons. The number of anilines is 1.